The van der Waals surface area contributed by atoms with Gasteiger partial charge in [0, 0.05) is 13.6 Å². The molecule has 0 aliphatic carbocycles. The van der Waals surface area contributed by atoms with E-state index < -0.39 is 28.0 Å². The number of hydrogen-bond donors (Lipinski definition) is 1. The van der Waals surface area contributed by atoms with Gasteiger partial charge in [0.1, 0.15) is 5.56 Å². The fraction of sp³-hybridized carbons (Fsp3) is 0.308. The van der Waals surface area contributed by atoms with Gasteiger partial charge in [-0.05, 0) is 18.9 Å². The van der Waals surface area contributed by atoms with Crippen LogP contribution in [0.25, 0.3) is 0 Å². The number of nitro benzene ring substituents is 1. The maximum Gasteiger partial charge on any atom is 0.342 e. The Hall–Kier alpha value is -2.44. The molecular weight excluding hydrogens is 267 g/mol. The van der Waals surface area contributed by atoms with E-state index in [0.29, 0.717) is 12.6 Å². The number of hydrogen-bond acceptors (Lipinski definition) is 4. The molecule has 1 N–H and O–H groups in total. The molecule has 0 heterocycles. The summed E-state index contributed by atoms with van der Waals surface area (Å²) < 4.78 is 13.9. The van der Waals surface area contributed by atoms with E-state index in [2.05, 4.69) is 6.58 Å². The van der Waals surface area contributed by atoms with E-state index >= 15 is 0 Å². The van der Waals surface area contributed by atoms with Crippen LogP contribution in [0.5, 0.6) is 0 Å². The number of benzene rings is 1. The van der Waals surface area contributed by atoms with Gasteiger partial charge in [-0.2, -0.15) is 0 Å². The molecule has 0 saturated carbocycles. The van der Waals surface area contributed by atoms with Crippen molar-refractivity contribution >= 4 is 17.3 Å². The van der Waals surface area contributed by atoms with Gasteiger partial charge in [0.2, 0.25) is 0 Å². The number of anilines is 1. The largest absolute Gasteiger partial charge is 0.477 e. The number of allylic oxidation sites excluding steroid dienone is 1. The standard InChI is InChI=1S/C13H15FN2O4/c1-3-4-5-6-15(2)12-7-9(13(17)18)11(16(19)20)8-10(12)14/h3,7-8H,1,4-6H2,2H3,(H,17,18). The van der Waals surface area contributed by atoms with Crippen LogP contribution in [0.3, 0.4) is 0 Å². The number of carboxylic acids is 1. The van der Waals surface area contributed by atoms with Crippen molar-refractivity contribution in [1.82, 2.24) is 0 Å². The highest BCUT2D eigenvalue weighted by Crippen LogP contribution is 2.28. The summed E-state index contributed by atoms with van der Waals surface area (Å²) in [7, 11) is 1.60. The molecule has 0 radical (unpaired) electrons. The molecule has 0 amide bonds. The molecule has 7 heteroatoms. The maximum atomic E-state index is 13.9. The number of unbranched alkanes of at least 4 members (excludes halogenated alkanes) is 1. The minimum absolute atomic E-state index is 0.0251. The summed E-state index contributed by atoms with van der Waals surface area (Å²) >= 11 is 0. The smallest absolute Gasteiger partial charge is 0.342 e. The summed E-state index contributed by atoms with van der Waals surface area (Å²) in [6, 6.07) is 1.63. The first kappa shape index (κ1) is 15.6. The molecule has 0 bridgehead atoms. The summed E-state index contributed by atoms with van der Waals surface area (Å²) in [6.07, 6.45) is 3.19. The first-order valence-corrected chi connectivity index (χ1v) is 5.91. The number of rotatable bonds is 7. The molecule has 0 spiro atoms. The first-order valence-electron chi connectivity index (χ1n) is 5.91. The molecule has 0 fully saturated rings. The third-order valence-electron chi connectivity index (χ3n) is 2.81. The molecule has 1 rings (SSSR count). The molecule has 6 nitrogen and oxygen atoms in total. The molecular formula is C13H15FN2O4. The lowest BCUT2D eigenvalue weighted by Crippen LogP contribution is -2.20. The van der Waals surface area contributed by atoms with Crippen LogP contribution in [0.15, 0.2) is 24.8 Å². The van der Waals surface area contributed by atoms with Crippen LogP contribution in [0.1, 0.15) is 23.2 Å². The molecule has 0 saturated heterocycles. The molecule has 0 unspecified atom stereocenters. The van der Waals surface area contributed by atoms with E-state index in [1.165, 1.54) is 4.90 Å². The highest BCUT2D eigenvalue weighted by molar-refractivity contribution is 5.93. The van der Waals surface area contributed by atoms with E-state index in [1.807, 2.05) is 0 Å². The van der Waals surface area contributed by atoms with Gasteiger partial charge in [-0.1, -0.05) is 6.08 Å². The van der Waals surface area contributed by atoms with Gasteiger partial charge in [-0.3, -0.25) is 10.1 Å². The Morgan fingerprint density at radius 2 is 2.25 bits per heavy atom. The summed E-state index contributed by atoms with van der Waals surface area (Å²) in [5.41, 5.74) is -1.25. The van der Waals surface area contributed by atoms with Crippen molar-refractivity contribution in [2.24, 2.45) is 0 Å². The van der Waals surface area contributed by atoms with E-state index in [9.17, 15) is 19.3 Å². The highest BCUT2D eigenvalue weighted by atomic mass is 19.1. The van der Waals surface area contributed by atoms with Crippen molar-refractivity contribution in [1.29, 1.82) is 0 Å². The summed E-state index contributed by atoms with van der Waals surface area (Å²) in [5, 5.41) is 19.7. The van der Waals surface area contributed by atoms with Crippen LogP contribution in [0.2, 0.25) is 0 Å². The number of carbonyl (C=O) groups is 1. The molecule has 0 atom stereocenters. The maximum absolute atomic E-state index is 13.9. The monoisotopic (exact) mass is 282 g/mol. The van der Waals surface area contributed by atoms with Gasteiger partial charge in [-0.15, -0.1) is 6.58 Å². The van der Waals surface area contributed by atoms with Gasteiger partial charge in [0.15, 0.2) is 5.82 Å². The third kappa shape index (κ3) is 3.53. The lowest BCUT2D eigenvalue weighted by atomic mass is 10.1. The Labute approximate surface area is 115 Å². The summed E-state index contributed by atoms with van der Waals surface area (Å²) in [6.45, 7) is 4.06. The van der Waals surface area contributed by atoms with Crippen LogP contribution >= 0.6 is 0 Å². The molecule has 0 aliphatic heterocycles. The van der Waals surface area contributed by atoms with Gasteiger partial charge in [0.25, 0.3) is 5.69 Å². The van der Waals surface area contributed by atoms with E-state index in [4.69, 9.17) is 5.11 Å². The highest BCUT2D eigenvalue weighted by Gasteiger charge is 2.24. The zero-order chi connectivity index (χ0) is 15.3. The number of nitrogens with zero attached hydrogens (tertiary/aromatic N) is 2. The third-order valence-corrected chi connectivity index (χ3v) is 2.81. The Kier molecular flexibility index (Phi) is 5.19. The second-order valence-electron chi connectivity index (χ2n) is 4.24. The number of nitro groups is 1. The zero-order valence-corrected chi connectivity index (χ0v) is 11.0. The van der Waals surface area contributed by atoms with Crippen LogP contribution in [-0.4, -0.2) is 29.6 Å². The fourth-order valence-corrected chi connectivity index (χ4v) is 1.76. The molecule has 20 heavy (non-hydrogen) atoms. The van der Waals surface area contributed by atoms with Crippen molar-refractivity contribution in [3.05, 3.63) is 46.3 Å². The molecule has 1 aromatic rings. The average Bonchev–Trinajstić information content (AvgIpc) is 2.37. The number of halogens is 1. The molecule has 0 aliphatic rings. The van der Waals surface area contributed by atoms with E-state index in [-0.39, 0.29) is 5.69 Å². The van der Waals surface area contributed by atoms with Gasteiger partial charge in [0.05, 0.1) is 16.7 Å². The van der Waals surface area contributed by atoms with E-state index in [0.717, 1.165) is 18.9 Å². The molecule has 1 aromatic carbocycles. The van der Waals surface area contributed by atoms with E-state index in [1.54, 1.807) is 13.1 Å². The SMILES string of the molecule is C=CCCCN(C)c1cc(C(=O)O)c([N+](=O)[O-])cc1F. The fourth-order valence-electron chi connectivity index (χ4n) is 1.76. The molecule has 108 valence electrons. The van der Waals surface area contributed by atoms with Gasteiger partial charge < -0.3 is 10.0 Å². The second-order valence-corrected chi connectivity index (χ2v) is 4.24. The van der Waals surface area contributed by atoms with Gasteiger partial charge in [-0.25, -0.2) is 9.18 Å². The van der Waals surface area contributed by atoms with Crippen LogP contribution < -0.4 is 4.90 Å². The minimum atomic E-state index is -1.46. The lowest BCUT2D eigenvalue weighted by Gasteiger charge is -2.20. The average molecular weight is 282 g/mol. The first-order chi connectivity index (χ1) is 9.38. The van der Waals surface area contributed by atoms with Crippen LogP contribution in [0, 0.1) is 15.9 Å². The lowest BCUT2D eigenvalue weighted by molar-refractivity contribution is -0.385. The quantitative estimate of drug-likeness (QED) is 0.360. The Balaban J connectivity index is 3.15. The molecule has 0 aromatic heterocycles. The van der Waals surface area contributed by atoms with Crippen LogP contribution in [0.4, 0.5) is 15.8 Å². The summed E-state index contributed by atoms with van der Waals surface area (Å²) in [5.74, 6) is -2.28. The predicted octanol–water partition coefficient (Wildman–Crippen LogP) is 2.83. The normalized spacial score (nSPS) is 10.1. The summed E-state index contributed by atoms with van der Waals surface area (Å²) in [4.78, 5) is 22.3. The number of aromatic carboxylic acids is 1. The van der Waals surface area contributed by atoms with Crippen molar-refractivity contribution in [3.63, 3.8) is 0 Å². The van der Waals surface area contributed by atoms with Crippen molar-refractivity contribution in [2.75, 3.05) is 18.5 Å². The van der Waals surface area contributed by atoms with Crippen molar-refractivity contribution < 1.29 is 19.2 Å². The minimum Gasteiger partial charge on any atom is -0.477 e. The number of carboxylic acid groups (broad SMARTS) is 1. The zero-order valence-electron chi connectivity index (χ0n) is 11.0. The Bertz CT molecular complexity index is 545. The second kappa shape index (κ2) is 6.65. The van der Waals surface area contributed by atoms with Crippen LogP contribution in [-0.2, 0) is 0 Å². The van der Waals surface area contributed by atoms with Crippen molar-refractivity contribution in [2.45, 2.75) is 12.8 Å². The Morgan fingerprint density at radius 3 is 2.75 bits per heavy atom. The van der Waals surface area contributed by atoms with Gasteiger partial charge >= 0.3 is 5.97 Å². The predicted molar refractivity (Wildman–Crippen MR) is 72.7 cm³/mol. The Morgan fingerprint density at radius 1 is 1.60 bits per heavy atom. The van der Waals surface area contributed by atoms with Crippen molar-refractivity contribution in [3.8, 4) is 0 Å². The topological polar surface area (TPSA) is 83.7 Å².